The van der Waals surface area contributed by atoms with Gasteiger partial charge in [-0.05, 0) is 30.3 Å². The number of nitrogens with one attached hydrogen (secondary N) is 1. The lowest BCUT2D eigenvalue weighted by atomic mass is 10.1. The van der Waals surface area contributed by atoms with E-state index in [1.165, 1.54) is 26.4 Å². The second kappa shape index (κ2) is 8.65. The molecule has 0 spiro atoms. The fourth-order valence-corrected chi connectivity index (χ4v) is 3.43. The zero-order valence-corrected chi connectivity index (χ0v) is 17.1. The van der Waals surface area contributed by atoms with Crippen LogP contribution in [0.1, 0.15) is 21.5 Å². The molecule has 0 saturated heterocycles. The van der Waals surface area contributed by atoms with Gasteiger partial charge in [-0.25, -0.2) is 0 Å². The van der Waals surface area contributed by atoms with E-state index >= 15 is 0 Å². The van der Waals surface area contributed by atoms with Crippen molar-refractivity contribution >= 4 is 22.4 Å². The number of methoxy groups -OCH3 is 2. The molecule has 0 unspecified atom stereocenters. The second-order valence-electron chi connectivity index (χ2n) is 6.20. The standard InChI is InChI=1S/C19H13F6N3O3S/c1-30-12-4-3-5-13(31-2)14(12)15(29)26-17-28-27-16(32-17)9-6-10(18(20,21)22)8-11(7-9)19(23,24)25/h3-8H,1-2H3,(H,26,28,29). The number of anilines is 1. The molecule has 1 heterocycles. The number of hydrogen-bond donors (Lipinski definition) is 1. The molecule has 6 nitrogen and oxygen atoms in total. The van der Waals surface area contributed by atoms with Gasteiger partial charge in [-0.15, -0.1) is 10.2 Å². The molecule has 170 valence electrons. The molecule has 0 radical (unpaired) electrons. The Labute approximate surface area is 180 Å². The summed E-state index contributed by atoms with van der Waals surface area (Å²) in [6.45, 7) is 0. The average molecular weight is 477 g/mol. The minimum atomic E-state index is -5.00. The van der Waals surface area contributed by atoms with Crippen LogP contribution >= 0.6 is 11.3 Å². The van der Waals surface area contributed by atoms with Crippen LogP contribution in [0.15, 0.2) is 36.4 Å². The van der Waals surface area contributed by atoms with E-state index in [0.717, 1.165) is 0 Å². The van der Waals surface area contributed by atoms with Gasteiger partial charge < -0.3 is 9.47 Å². The van der Waals surface area contributed by atoms with Crippen LogP contribution in [-0.2, 0) is 12.4 Å². The van der Waals surface area contributed by atoms with Gasteiger partial charge in [0.1, 0.15) is 22.1 Å². The molecule has 1 amide bonds. The summed E-state index contributed by atoms with van der Waals surface area (Å²) in [6, 6.07) is 5.67. The van der Waals surface area contributed by atoms with Crippen molar-refractivity contribution in [3.63, 3.8) is 0 Å². The molecule has 0 saturated carbocycles. The lowest BCUT2D eigenvalue weighted by Crippen LogP contribution is -2.14. The second-order valence-corrected chi connectivity index (χ2v) is 7.18. The molecule has 0 aliphatic heterocycles. The third kappa shape index (κ3) is 4.93. The molecule has 0 bridgehead atoms. The summed E-state index contributed by atoms with van der Waals surface area (Å²) in [5.41, 5.74) is -3.39. The van der Waals surface area contributed by atoms with Gasteiger partial charge in [0.05, 0.1) is 25.3 Å². The Balaban J connectivity index is 1.96. The molecule has 0 aliphatic rings. The normalized spacial score (nSPS) is 11.9. The first kappa shape index (κ1) is 23.3. The summed E-state index contributed by atoms with van der Waals surface area (Å²) in [4.78, 5) is 12.7. The zero-order chi connectivity index (χ0) is 23.7. The Morgan fingerprint density at radius 1 is 0.906 bits per heavy atom. The smallest absolute Gasteiger partial charge is 0.416 e. The van der Waals surface area contributed by atoms with E-state index in [0.29, 0.717) is 23.5 Å². The Bertz CT molecular complexity index is 1090. The fourth-order valence-electron chi connectivity index (χ4n) is 2.70. The van der Waals surface area contributed by atoms with Crippen LogP contribution in [0.2, 0.25) is 0 Å². The van der Waals surface area contributed by atoms with Crippen LogP contribution in [0, 0.1) is 0 Å². The van der Waals surface area contributed by atoms with Crippen LogP contribution in [0.25, 0.3) is 10.6 Å². The summed E-state index contributed by atoms with van der Waals surface area (Å²) in [7, 11) is 2.67. The Morgan fingerprint density at radius 3 is 1.91 bits per heavy atom. The van der Waals surface area contributed by atoms with E-state index in [4.69, 9.17) is 9.47 Å². The van der Waals surface area contributed by atoms with Crippen LogP contribution in [0.4, 0.5) is 31.5 Å². The van der Waals surface area contributed by atoms with Gasteiger partial charge >= 0.3 is 12.4 Å². The highest BCUT2D eigenvalue weighted by Gasteiger charge is 2.37. The van der Waals surface area contributed by atoms with Crippen LogP contribution in [-0.4, -0.2) is 30.3 Å². The van der Waals surface area contributed by atoms with E-state index in [9.17, 15) is 31.1 Å². The van der Waals surface area contributed by atoms with Crippen molar-refractivity contribution in [3.05, 3.63) is 53.1 Å². The quantitative estimate of drug-likeness (QED) is 0.491. The van der Waals surface area contributed by atoms with Gasteiger partial charge in [0, 0.05) is 5.56 Å². The topological polar surface area (TPSA) is 73.3 Å². The van der Waals surface area contributed by atoms with Crippen molar-refractivity contribution in [1.29, 1.82) is 0 Å². The highest BCUT2D eigenvalue weighted by atomic mass is 32.1. The number of amides is 1. The molecule has 2 aromatic carbocycles. The number of alkyl halides is 6. The molecule has 13 heteroatoms. The number of carbonyl (C=O) groups is 1. The van der Waals surface area contributed by atoms with Crippen LogP contribution in [0.3, 0.4) is 0 Å². The van der Waals surface area contributed by atoms with Crippen molar-refractivity contribution in [2.75, 3.05) is 19.5 Å². The van der Waals surface area contributed by atoms with Gasteiger partial charge in [0.2, 0.25) is 5.13 Å². The molecule has 1 N–H and O–H groups in total. The van der Waals surface area contributed by atoms with Crippen molar-refractivity contribution in [2.45, 2.75) is 12.4 Å². The average Bonchev–Trinajstić information content (AvgIpc) is 3.19. The van der Waals surface area contributed by atoms with E-state index < -0.39 is 35.0 Å². The summed E-state index contributed by atoms with van der Waals surface area (Å²) in [5.74, 6) is -0.361. The summed E-state index contributed by atoms with van der Waals surface area (Å²) >= 11 is 0.604. The molecular formula is C19H13F6N3O3S. The number of carbonyl (C=O) groups excluding carboxylic acids is 1. The fraction of sp³-hybridized carbons (Fsp3) is 0.211. The van der Waals surface area contributed by atoms with E-state index in [2.05, 4.69) is 15.5 Å². The number of ether oxygens (including phenoxy) is 2. The third-order valence-corrected chi connectivity index (χ3v) is 5.02. The first-order valence-electron chi connectivity index (χ1n) is 8.59. The Kier molecular flexibility index (Phi) is 6.30. The molecule has 3 rings (SSSR count). The molecule has 32 heavy (non-hydrogen) atoms. The van der Waals surface area contributed by atoms with Crippen LogP contribution < -0.4 is 14.8 Å². The minimum absolute atomic E-state index is 0.0151. The van der Waals surface area contributed by atoms with Crippen molar-refractivity contribution in [1.82, 2.24) is 10.2 Å². The number of nitrogens with zero attached hydrogens (tertiary/aromatic N) is 2. The zero-order valence-electron chi connectivity index (χ0n) is 16.3. The Morgan fingerprint density at radius 2 is 1.44 bits per heavy atom. The van der Waals surface area contributed by atoms with E-state index in [-0.39, 0.29) is 33.3 Å². The SMILES string of the molecule is COc1cccc(OC)c1C(=O)Nc1nnc(-c2cc(C(F)(F)F)cc(C(F)(F)F)c2)s1. The molecule has 1 aromatic heterocycles. The maximum absolute atomic E-state index is 13.1. The minimum Gasteiger partial charge on any atom is -0.496 e. The maximum Gasteiger partial charge on any atom is 0.416 e. The highest BCUT2D eigenvalue weighted by Crippen LogP contribution is 2.39. The summed E-state index contributed by atoms with van der Waals surface area (Å²) in [6.07, 6.45) is -10.0. The van der Waals surface area contributed by atoms with Crippen molar-refractivity contribution < 1.29 is 40.6 Å². The van der Waals surface area contributed by atoms with Crippen LogP contribution in [0.5, 0.6) is 11.5 Å². The molecule has 0 atom stereocenters. The Hall–Kier alpha value is -3.35. The molecule has 0 aliphatic carbocycles. The maximum atomic E-state index is 13.1. The predicted octanol–water partition coefficient (Wildman–Crippen LogP) is 5.51. The lowest BCUT2D eigenvalue weighted by molar-refractivity contribution is -0.143. The first-order chi connectivity index (χ1) is 14.9. The van der Waals surface area contributed by atoms with Gasteiger partial charge in [0.25, 0.3) is 5.91 Å². The number of aromatic nitrogens is 2. The van der Waals surface area contributed by atoms with Gasteiger partial charge in [-0.1, -0.05) is 17.4 Å². The lowest BCUT2D eigenvalue weighted by Gasteiger charge is -2.13. The molecule has 0 fully saturated rings. The third-order valence-electron chi connectivity index (χ3n) is 4.13. The highest BCUT2D eigenvalue weighted by molar-refractivity contribution is 7.18. The monoisotopic (exact) mass is 477 g/mol. The van der Waals surface area contributed by atoms with E-state index in [1.54, 1.807) is 6.07 Å². The first-order valence-corrected chi connectivity index (χ1v) is 9.41. The van der Waals surface area contributed by atoms with Crippen molar-refractivity contribution in [3.8, 4) is 22.1 Å². The van der Waals surface area contributed by atoms with Gasteiger partial charge in [-0.3, -0.25) is 10.1 Å². The number of halogens is 6. The van der Waals surface area contributed by atoms with Crippen molar-refractivity contribution in [2.24, 2.45) is 0 Å². The summed E-state index contributed by atoms with van der Waals surface area (Å²) < 4.78 is 88.7. The van der Waals surface area contributed by atoms with Gasteiger partial charge in [-0.2, -0.15) is 26.3 Å². The van der Waals surface area contributed by atoms with E-state index in [1.807, 2.05) is 0 Å². The number of hydrogen-bond acceptors (Lipinski definition) is 6. The van der Waals surface area contributed by atoms with Gasteiger partial charge in [0.15, 0.2) is 0 Å². The summed E-state index contributed by atoms with van der Waals surface area (Å²) in [5, 5.41) is 9.26. The number of benzene rings is 2. The number of rotatable bonds is 5. The predicted molar refractivity (Wildman–Crippen MR) is 103 cm³/mol. The molecular weight excluding hydrogens is 464 g/mol. The largest absolute Gasteiger partial charge is 0.496 e. The molecule has 3 aromatic rings.